The fourth-order valence-corrected chi connectivity index (χ4v) is 7.21. The maximum absolute atomic E-state index is 2.66. The largest absolute Gasteiger partial charge is 0.0588 e. The van der Waals surface area contributed by atoms with Crippen LogP contribution in [0.1, 0.15) is 6.92 Å². The minimum absolute atomic E-state index is 0.944. The van der Waals surface area contributed by atoms with E-state index >= 15 is 0 Å². The lowest BCUT2D eigenvalue weighted by atomic mass is 9.81. The first kappa shape index (κ1) is 4.30. The molecule has 0 unspecified atom stereocenters. The molecule has 0 saturated heterocycles. The van der Waals surface area contributed by atoms with Crippen molar-refractivity contribution in [3.63, 3.8) is 0 Å². The van der Waals surface area contributed by atoms with Gasteiger partial charge in [-0.05, 0) is 58.7 Å². The highest BCUT2D eigenvalue weighted by molar-refractivity contribution is 5.48. The molecule has 6 rings (SSSR count). The van der Waals surface area contributed by atoms with Crippen molar-refractivity contribution >= 4 is 0 Å². The number of rotatable bonds is 0. The van der Waals surface area contributed by atoms with Crippen LogP contribution in [0.4, 0.5) is 0 Å². The average Bonchev–Trinajstić information content (AvgIpc) is 2.83. The molecule has 0 bridgehead atoms. The molecule has 0 nitrogen and oxygen atoms in total. The molecule has 11 heavy (non-hydrogen) atoms. The van der Waals surface area contributed by atoms with Crippen molar-refractivity contribution in [2.75, 3.05) is 0 Å². The van der Waals surface area contributed by atoms with Gasteiger partial charge < -0.3 is 0 Å². The first-order valence-corrected chi connectivity index (χ1v) is 5.37. The summed E-state index contributed by atoms with van der Waals surface area (Å²) >= 11 is 0. The van der Waals surface area contributed by atoms with E-state index in [-0.39, 0.29) is 0 Å². The molecule has 0 N–H and O–H groups in total. The Morgan fingerprint density at radius 1 is 0.636 bits per heavy atom. The van der Waals surface area contributed by atoms with Crippen molar-refractivity contribution in [2.45, 2.75) is 6.92 Å². The molecule has 0 spiro atoms. The summed E-state index contributed by atoms with van der Waals surface area (Å²) in [6.07, 6.45) is 0. The van der Waals surface area contributed by atoms with E-state index in [4.69, 9.17) is 0 Å². The highest BCUT2D eigenvalue weighted by Gasteiger charge is 3.01. The summed E-state index contributed by atoms with van der Waals surface area (Å²) < 4.78 is 0. The Morgan fingerprint density at radius 2 is 0.909 bits per heavy atom. The third kappa shape index (κ3) is 0.178. The molecule has 6 aliphatic carbocycles. The minimum Gasteiger partial charge on any atom is -0.0588 e. The second-order valence-corrected chi connectivity index (χ2v) is 6.41. The van der Waals surface area contributed by atoms with Gasteiger partial charge in [0, 0.05) is 0 Å². The molecule has 0 aromatic rings. The van der Waals surface area contributed by atoms with Gasteiger partial charge in [-0.2, -0.15) is 0 Å². The maximum atomic E-state index is 2.66. The highest BCUT2D eigenvalue weighted by Crippen LogP contribution is 3.05. The summed E-state index contributed by atoms with van der Waals surface area (Å²) in [4.78, 5) is 0. The van der Waals surface area contributed by atoms with Crippen molar-refractivity contribution < 1.29 is 0 Å². The zero-order chi connectivity index (χ0) is 6.70. The molecule has 0 aromatic heterocycles. The van der Waals surface area contributed by atoms with E-state index in [2.05, 4.69) is 6.92 Å². The van der Waals surface area contributed by atoms with Gasteiger partial charge in [0.05, 0.1) is 0 Å². The van der Waals surface area contributed by atoms with Crippen LogP contribution in [0.15, 0.2) is 0 Å². The molecule has 0 radical (unpaired) electrons. The second kappa shape index (κ2) is 0.744. The SMILES string of the molecule is CC12C3C4C3C3C(C5C4C51)C32. The van der Waals surface area contributed by atoms with Gasteiger partial charge in [0.1, 0.15) is 0 Å². The molecule has 0 heteroatoms. The molecule has 6 fully saturated rings. The Bertz CT molecular complexity index is 245. The molecule has 0 heterocycles. The monoisotopic (exact) mass is 144 g/mol. The van der Waals surface area contributed by atoms with Crippen molar-refractivity contribution in [3.8, 4) is 0 Å². The van der Waals surface area contributed by atoms with Crippen LogP contribution in [0.25, 0.3) is 0 Å². The fourth-order valence-electron chi connectivity index (χ4n) is 7.21. The summed E-state index contributed by atoms with van der Waals surface area (Å²) in [5.74, 6) is 11.6. The molecule has 0 aromatic carbocycles. The third-order valence-corrected chi connectivity index (χ3v) is 6.89. The van der Waals surface area contributed by atoms with Gasteiger partial charge in [0.25, 0.3) is 0 Å². The van der Waals surface area contributed by atoms with Crippen molar-refractivity contribution in [3.05, 3.63) is 0 Å². The van der Waals surface area contributed by atoms with E-state index in [0.29, 0.717) is 0 Å². The maximum Gasteiger partial charge on any atom is -0.0224 e. The van der Waals surface area contributed by atoms with E-state index in [1.54, 1.807) is 0 Å². The first-order valence-electron chi connectivity index (χ1n) is 5.37. The Labute approximate surface area is 66.4 Å². The third-order valence-electron chi connectivity index (χ3n) is 6.89. The van der Waals surface area contributed by atoms with E-state index in [1.165, 1.54) is 53.3 Å². The van der Waals surface area contributed by atoms with Gasteiger partial charge in [0.2, 0.25) is 0 Å². The van der Waals surface area contributed by atoms with Gasteiger partial charge in [0.15, 0.2) is 0 Å². The summed E-state index contributed by atoms with van der Waals surface area (Å²) in [6.45, 7) is 2.66. The summed E-state index contributed by atoms with van der Waals surface area (Å²) in [5.41, 5.74) is 0.944. The number of hydrogen-bond donors (Lipinski definition) is 0. The zero-order valence-electron chi connectivity index (χ0n) is 6.70. The molecule has 56 valence electrons. The average molecular weight is 144 g/mol. The summed E-state index contributed by atoms with van der Waals surface area (Å²) in [5, 5.41) is 0. The predicted molar refractivity (Wildman–Crippen MR) is 39.5 cm³/mol. The quantitative estimate of drug-likeness (QED) is 0.484. The van der Waals surface area contributed by atoms with Crippen LogP contribution in [-0.4, -0.2) is 0 Å². The Morgan fingerprint density at radius 3 is 1.18 bits per heavy atom. The molecule has 0 atom stereocenters. The van der Waals surface area contributed by atoms with Crippen LogP contribution in [0.3, 0.4) is 0 Å². The van der Waals surface area contributed by atoms with E-state index < -0.39 is 0 Å². The second-order valence-electron chi connectivity index (χ2n) is 6.41. The smallest absolute Gasteiger partial charge is 0.0224 e. The lowest BCUT2D eigenvalue weighted by Crippen LogP contribution is -2.18. The standard InChI is InChI=1S/C11H12/c1-11-8-2-3(8)5-7(10(5)11)6-4(2)9(6)11/h2-10H,1H3. The molecule has 6 saturated carbocycles. The zero-order valence-corrected chi connectivity index (χ0v) is 6.70. The van der Waals surface area contributed by atoms with Crippen LogP contribution >= 0.6 is 0 Å². The van der Waals surface area contributed by atoms with Crippen LogP contribution < -0.4 is 0 Å². The van der Waals surface area contributed by atoms with Gasteiger partial charge in [-0.1, -0.05) is 6.92 Å². The van der Waals surface area contributed by atoms with E-state index in [9.17, 15) is 0 Å². The van der Waals surface area contributed by atoms with Gasteiger partial charge in [-0.25, -0.2) is 0 Å². The highest BCUT2D eigenvalue weighted by atomic mass is 15.1. The minimum atomic E-state index is 0.944. The molecule has 6 aliphatic rings. The van der Waals surface area contributed by atoms with Crippen molar-refractivity contribution in [1.29, 1.82) is 0 Å². The van der Waals surface area contributed by atoms with Gasteiger partial charge >= 0.3 is 0 Å². The number of hydrogen-bond acceptors (Lipinski definition) is 0. The normalized spacial score (nSPS) is 106. The fraction of sp³-hybridized carbons (Fsp3) is 1.00. The summed E-state index contributed by atoms with van der Waals surface area (Å²) in [7, 11) is 0. The van der Waals surface area contributed by atoms with Crippen LogP contribution in [-0.2, 0) is 0 Å². The van der Waals surface area contributed by atoms with Gasteiger partial charge in [-0.3, -0.25) is 0 Å². The van der Waals surface area contributed by atoms with Crippen molar-refractivity contribution in [2.24, 2.45) is 58.7 Å². The lowest BCUT2D eigenvalue weighted by molar-refractivity contribution is 0.242. The van der Waals surface area contributed by atoms with Gasteiger partial charge in [-0.15, -0.1) is 0 Å². The summed E-state index contributed by atoms with van der Waals surface area (Å²) in [6, 6.07) is 0. The Balaban J connectivity index is 1.90. The number of fused-ring (bicyclic) bond motifs is 6. The van der Waals surface area contributed by atoms with Crippen LogP contribution in [0.5, 0.6) is 0 Å². The van der Waals surface area contributed by atoms with E-state index in [1.807, 2.05) is 0 Å². The predicted octanol–water partition coefficient (Wildman–Crippen LogP) is 1.62. The molecule has 0 aliphatic heterocycles. The molecular formula is C11H12. The van der Waals surface area contributed by atoms with E-state index in [0.717, 1.165) is 5.41 Å². The van der Waals surface area contributed by atoms with Crippen molar-refractivity contribution in [1.82, 2.24) is 0 Å². The molecular weight excluding hydrogens is 132 g/mol. The topological polar surface area (TPSA) is 0 Å². The first-order chi connectivity index (χ1) is 5.37. The Hall–Kier alpha value is 0. The van der Waals surface area contributed by atoms with Crippen LogP contribution in [0.2, 0.25) is 0 Å². The Kier molecular flexibility index (Phi) is 0.291. The lowest BCUT2D eigenvalue weighted by Gasteiger charge is -2.23. The molecule has 0 amide bonds. The van der Waals surface area contributed by atoms with Crippen LogP contribution in [0, 0.1) is 58.7 Å².